The zero-order valence-corrected chi connectivity index (χ0v) is 21.9. The van der Waals surface area contributed by atoms with Gasteiger partial charge in [-0.05, 0) is 52.0 Å². The van der Waals surface area contributed by atoms with Crippen LogP contribution < -0.4 is 30.1 Å². The van der Waals surface area contributed by atoms with Gasteiger partial charge in [0.2, 0.25) is 0 Å². The van der Waals surface area contributed by atoms with Crippen LogP contribution in [-0.4, -0.2) is 64.6 Å². The van der Waals surface area contributed by atoms with E-state index < -0.39 is 11.8 Å². The maximum atomic E-state index is 12.1. The average Bonchev–Trinajstić information content (AvgIpc) is 2.90. The van der Waals surface area contributed by atoms with Crippen molar-refractivity contribution < 1.29 is 19.1 Å². The van der Waals surface area contributed by atoms with Crippen molar-refractivity contribution in [2.75, 3.05) is 50.2 Å². The molecule has 10 nitrogen and oxygen atoms in total. The molecule has 10 heteroatoms. The monoisotopic (exact) mass is 496 g/mol. The molecular formula is C26H36N6O4. The molecular weight excluding hydrogens is 460 g/mol. The van der Waals surface area contributed by atoms with Crippen LogP contribution in [0.4, 0.5) is 11.4 Å². The molecule has 2 aromatic carbocycles. The minimum absolute atomic E-state index is 0.604. The summed E-state index contributed by atoms with van der Waals surface area (Å²) in [5.41, 5.74) is 7.75. The molecule has 0 radical (unpaired) electrons. The molecule has 0 aliphatic rings. The predicted molar refractivity (Wildman–Crippen MR) is 145 cm³/mol. The van der Waals surface area contributed by atoms with Crippen LogP contribution in [0.5, 0.6) is 11.5 Å². The number of carbonyl (C=O) groups excluding carboxylic acids is 2. The standard InChI is InChI=1S/C26H36N6O4/c1-7-31(8-2)21-13-11-19(23(15-21)35-5)17-27-29-25(33)26(34)30-28-18-20-12-14-22(16-24(20)36-6)32(9-3)10-4/h11-18H,7-10H2,1-6H3,(H,29,33)(H,30,34)/b27-17+,28-18+. The summed E-state index contributed by atoms with van der Waals surface area (Å²) < 4.78 is 10.9. The number of nitrogens with one attached hydrogen (secondary N) is 2. The van der Waals surface area contributed by atoms with Crippen LogP contribution in [0.1, 0.15) is 38.8 Å². The molecule has 0 atom stereocenters. The third kappa shape index (κ3) is 7.46. The van der Waals surface area contributed by atoms with Gasteiger partial charge < -0.3 is 19.3 Å². The van der Waals surface area contributed by atoms with E-state index in [1.165, 1.54) is 12.4 Å². The zero-order valence-electron chi connectivity index (χ0n) is 21.9. The van der Waals surface area contributed by atoms with E-state index in [-0.39, 0.29) is 0 Å². The van der Waals surface area contributed by atoms with Gasteiger partial charge in [0.1, 0.15) is 11.5 Å². The molecule has 0 unspecified atom stereocenters. The lowest BCUT2D eigenvalue weighted by atomic mass is 10.2. The van der Waals surface area contributed by atoms with Crippen molar-refractivity contribution in [3.05, 3.63) is 47.5 Å². The first-order valence-corrected chi connectivity index (χ1v) is 11.9. The Kier molecular flexibility index (Phi) is 11.2. The maximum Gasteiger partial charge on any atom is 0.331 e. The fourth-order valence-corrected chi connectivity index (χ4v) is 3.61. The molecule has 2 N–H and O–H groups in total. The second-order valence-electron chi connectivity index (χ2n) is 7.60. The highest BCUT2D eigenvalue weighted by atomic mass is 16.5. The van der Waals surface area contributed by atoms with Gasteiger partial charge in [-0.1, -0.05) is 0 Å². The summed E-state index contributed by atoms with van der Waals surface area (Å²) in [5, 5.41) is 7.73. The minimum atomic E-state index is -0.953. The molecule has 0 aromatic heterocycles. The van der Waals surface area contributed by atoms with E-state index in [4.69, 9.17) is 9.47 Å². The largest absolute Gasteiger partial charge is 0.496 e. The zero-order chi connectivity index (χ0) is 26.5. The number of hydrazone groups is 2. The first kappa shape index (κ1) is 28.2. The van der Waals surface area contributed by atoms with Crippen molar-refractivity contribution in [1.29, 1.82) is 0 Å². The van der Waals surface area contributed by atoms with Gasteiger partial charge in [0, 0.05) is 60.8 Å². The quantitative estimate of drug-likeness (QED) is 0.266. The van der Waals surface area contributed by atoms with Crippen molar-refractivity contribution in [3.63, 3.8) is 0 Å². The summed E-state index contributed by atoms with van der Waals surface area (Å²) >= 11 is 0. The molecule has 0 fully saturated rings. The first-order valence-electron chi connectivity index (χ1n) is 11.9. The second kappa shape index (κ2) is 14.3. The third-order valence-electron chi connectivity index (χ3n) is 5.64. The van der Waals surface area contributed by atoms with Gasteiger partial charge in [-0.2, -0.15) is 10.2 Å². The highest BCUT2D eigenvalue weighted by molar-refractivity contribution is 6.35. The fourth-order valence-electron chi connectivity index (χ4n) is 3.61. The van der Waals surface area contributed by atoms with Gasteiger partial charge in [-0.3, -0.25) is 9.59 Å². The van der Waals surface area contributed by atoms with E-state index in [0.29, 0.717) is 22.6 Å². The van der Waals surface area contributed by atoms with Crippen LogP contribution in [0.3, 0.4) is 0 Å². The van der Waals surface area contributed by atoms with Gasteiger partial charge in [0.25, 0.3) is 0 Å². The number of rotatable bonds is 12. The molecule has 0 saturated heterocycles. The molecule has 194 valence electrons. The van der Waals surface area contributed by atoms with E-state index in [2.05, 4.69) is 58.5 Å². The fraction of sp³-hybridized carbons (Fsp3) is 0.385. The molecule has 0 aliphatic carbocycles. The Balaban J connectivity index is 1.98. The molecule has 2 rings (SSSR count). The highest BCUT2D eigenvalue weighted by Crippen LogP contribution is 2.25. The lowest BCUT2D eigenvalue weighted by Crippen LogP contribution is -2.35. The second-order valence-corrected chi connectivity index (χ2v) is 7.60. The predicted octanol–water partition coefficient (Wildman–Crippen LogP) is 3.00. The topological polar surface area (TPSA) is 108 Å². The van der Waals surface area contributed by atoms with Crippen LogP contribution in [0.25, 0.3) is 0 Å². The lowest BCUT2D eigenvalue weighted by molar-refractivity contribution is -0.139. The molecule has 0 heterocycles. The van der Waals surface area contributed by atoms with Crippen LogP contribution in [0.15, 0.2) is 46.6 Å². The average molecular weight is 497 g/mol. The van der Waals surface area contributed by atoms with Crippen LogP contribution >= 0.6 is 0 Å². The first-order chi connectivity index (χ1) is 17.4. The lowest BCUT2D eigenvalue weighted by Gasteiger charge is -2.22. The summed E-state index contributed by atoms with van der Waals surface area (Å²) in [6.45, 7) is 11.8. The number of benzene rings is 2. The number of ether oxygens (including phenoxy) is 2. The molecule has 0 saturated carbocycles. The molecule has 0 aliphatic heterocycles. The number of amides is 2. The van der Waals surface area contributed by atoms with E-state index in [9.17, 15) is 9.59 Å². The maximum absolute atomic E-state index is 12.1. The Morgan fingerprint density at radius 2 is 1.08 bits per heavy atom. The smallest absolute Gasteiger partial charge is 0.331 e. The van der Waals surface area contributed by atoms with Gasteiger partial charge in [0.05, 0.1) is 26.6 Å². The van der Waals surface area contributed by atoms with Crippen molar-refractivity contribution in [2.24, 2.45) is 10.2 Å². The van der Waals surface area contributed by atoms with Crippen molar-refractivity contribution in [1.82, 2.24) is 10.9 Å². The van der Waals surface area contributed by atoms with Crippen molar-refractivity contribution >= 4 is 35.6 Å². The Bertz CT molecular complexity index is 993. The Labute approximate surface area is 212 Å². The number of methoxy groups -OCH3 is 2. The van der Waals surface area contributed by atoms with E-state index in [0.717, 1.165) is 37.6 Å². The van der Waals surface area contributed by atoms with Crippen molar-refractivity contribution in [2.45, 2.75) is 27.7 Å². The Morgan fingerprint density at radius 1 is 0.722 bits per heavy atom. The summed E-state index contributed by atoms with van der Waals surface area (Å²) in [7, 11) is 3.13. The van der Waals surface area contributed by atoms with Crippen molar-refractivity contribution in [3.8, 4) is 11.5 Å². The van der Waals surface area contributed by atoms with Crippen LogP contribution in [0.2, 0.25) is 0 Å². The summed E-state index contributed by atoms with van der Waals surface area (Å²) in [5.74, 6) is -0.697. The summed E-state index contributed by atoms with van der Waals surface area (Å²) in [4.78, 5) is 28.5. The minimum Gasteiger partial charge on any atom is -0.496 e. The SMILES string of the molecule is CCN(CC)c1ccc(/C=N/NC(=O)C(=O)N/N=C/c2ccc(N(CC)CC)cc2OC)c(OC)c1. The Hall–Kier alpha value is -4.08. The molecule has 2 amide bonds. The number of hydrogen-bond acceptors (Lipinski definition) is 8. The number of anilines is 2. The van der Waals surface area contributed by atoms with Gasteiger partial charge in [-0.25, -0.2) is 10.9 Å². The highest BCUT2D eigenvalue weighted by Gasteiger charge is 2.12. The summed E-state index contributed by atoms with van der Waals surface area (Å²) in [6.07, 6.45) is 2.84. The number of nitrogens with zero attached hydrogens (tertiary/aromatic N) is 4. The number of carbonyl (C=O) groups is 2. The normalized spacial score (nSPS) is 10.9. The Morgan fingerprint density at radius 3 is 1.39 bits per heavy atom. The third-order valence-corrected chi connectivity index (χ3v) is 5.64. The molecule has 2 aromatic rings. The van der Waals surface area contributed by atoms with Crippen LogP contribution in [-0.2, 0) is 9.59 Å². The van der Waals surface area contributed by atoms with Gasteiger partial charge >= 0.3 is 11.8 Å². The summed E-state index contributed by atoms with van der Waals surface area (Å²) in [6, 6.07) is 11.4. The van der Waals surface area contributed by atoms with E-state index in [1.54, 1.807) is 14.2 Å². The van der Waals surface area contributed by atoms with Gasteiger partial charge in [-0.15, -0.1) is 0 Å². The number of hydrogen-bond donors (Lipinski definition) is 2. The van der Waals surface area contributed by atoms with E-state index in [1.807, 2.05) is 36.4 Å². The molecule has 0 spiro atoms. The van der Waals surface area contributed by atoms with Crippen LogP contribution in [0, 0.1) is 0 Å². The molecule has 0 bridgehead atoms. The van der Waals surface area contributed by atoms with Gasteiger partial charge in [0.15, 0.2) is 0 Å². The van der Waals surface area contributed by atoms with E-state index >= 15 is 0 Å². The molecule has 36 heavy (non-hydrogen) atoms.